The molecule has 0 spiro atoms. The van der Waals surface area contributed by atoms with Crippen LogP contribution in [0.3, 0.4) is 0 Å². The van der Waals surface area contributed by atoms with Gasteiger partial charge in [-0.3, -0.25) is 4.79 Å². The maximum atomic E-state index is 12.5. The molecule has 1 rings (SSSR count). The molecule has 1 amide bonds. The molecule has 1 aromatic carbocycles. The zero-order chi connectivity index (χ0) is 15.9. The highest BCUT2D eigenvalue weighted by Crippen LogP contribution is 2.24. The van der Waals surface area contributed by atoms with Crippen molar-refractivity contribution in [2.24, 2.45) is 0 Å². The SMILES string of the molecule is CCCCC[C@@](C)(OC)C(=O)Nc1ccc(OC)c(C)c1. The van der Waals surface area contributed by atoms with Gasteiger partial charge in [0.15, 0.2) is 0 Å². The highest BCUT2D eigenvalue weighted by molar-refractivity contribution is 5.97. The highest BCUT2D eigenvalue weighted by atomic mass is 16.5. The Bertz CT molecular complexity index is 473. The van der Waals surface area contributed by atoms with Crippen LogP contribution < -0.4 is 10.1 Å². The van der Waals surface area contributed by atoms with E-state index >= 15 is 0 Å². The van der Waals surface area contributed by atoms with E-state index in [1.165, 1.54) is 0 Å². The molecule has 0 fully saturated rings. The molecule has 1 atom stereocenters. The average molecular weight is 293 g/mol. The number of ether oxygens (including phenoxy) is 2. The second-order valence-corrected chi connectivity index (χ2v) is 5.53. The standard InChI is InChI=1S/C17H27NO3/c1-6-7-8-11-17(3,21-5)16(19)18-14-9-10-15(20-4)13(2)12-14/h9-10,12H,6-8,11H2,1-5H3,(H,18,19)/t17-/m1/s1. The number of carbonyl (C=O) groups is 1. The summed E-state index contributed by atoms with van der Waals surface area (Å²) in [6.45, 7) is 5.93. The first-order valence-electron chi connectivity index (χ1n) is 7.48. The minimum atomic E-state index is -0.789. The molecule has 4 nitrogen and oxygen atoms in total. The van der Waals surface area contributed by atoms with Gasteiger partial charge in [-0.15, -0.1) is 0 Å². The number of anilines is 1. The van der Waals surface area contributed by atoms with Crippen LogP contribution >= 0.6 is 0 Å². The molecule has 0 saturated heterocycles. The topological polar surface area (TPSA) is 47.6 Å². The Morgan fingerprint density at radius 3 is 2.52 bits per heavy atom. The van der Waals surface area contributed by atoms with Crippen molar-refractivity contribution in [2.45, 2.75) is 52.1 Å². The number of benzene rings is 1. The minimum absolute atomic E-state index is 0.106. The van der Waals surface area contributed by atoms with Crippen LogP contribution in [0.15, 0.2) is 18.2 Å². The van der Waals surface area contributed by atoms with Crippen LogP contribution in [0.25, 0.3) is 0 Å². The summed E-state index contributed by atoms with van der Waals surface area (Å²) in [6, 6.07) is 5.59. The fourth-order valence-electron chi connectivity index (χ4n) is 2.24. The molecule has 4 heteroatoms. The number of nitrogens with one attached hydrogen (secondary N) is 1. The number of hydrogen-bond donors (Lipinski definition) is 1. The number of rotatable bonds is 8. The molecule has 0 radical (unpaired) electrons. The van der Waals surface area contributed by atoms with Gasteiger partial charge in [-0.2, -0.15) is 0 Å². The van der Waals surface area contributed by atoms with Gasteiger partial charge in [0, 0.05) is 12.8 Å². The molecule has 0 aromatic heterocycles. The zero-order valence-electron chi connectivity index (χ0n) is 13.8. The van der Waals surface area contributed by atoms with Crippen molar-refractivity contribution in [1.82, 2.24) is 0 Å². The van der Waals surface area contributed by atoms with Crippen LogP contribution in [0.1, 0.15) is 45.1 Å². The first-order valence-corrected chi connectivity index (χ1v) is 7.48. The molecule has 0 aliphatic heterocycles. The first kappa shape index (κ1) is 17.5. The summed E-state index contributed by atoms with van der Waals surface area (Å²) < 4.78 is 10.7. The van der Waals surface area contributed by atoms with Crippen molar-refractivity contribution in [3.8, 4) is 5.75 Å². The van der Waals surface area contributed by atoms with Crippen molar-refractivity contribution in [3.63, 3.8) is 0 Å². The van der Waals surface area contributed by atoms with E-state index in [-0.39, 0.29) is 5.91 Å². The Morgan fingerprint density at radius 1 is 1.29 bits per heavy atom. The van der Waals surface area contributed by atoms with Crippen molar-refractivity contribution >= 4 is 11.6 Å². The highest BCUT2D eigenvalue weighted by Gasteiger charge is 2.32. The van der Waals surface area contributed by atoms with Gasteiger partial charge in [0.25, 0.3) is 5.91 Å². The number of amides is 1. The molecular weight excluding hydrogens is 266 g/mol. The predicted molar refractivity (Wildman–Crippen MR) is 85.9 cm³/mol. The van der Waals surface area contributed by atoms with E-state index in [0.717, 1.165) is 42.7 Å². The molecule has 0 bridgehead atoms. The molecule has 21 heavy (non-hydrogen) atoms. The van der Waals surface area contributed by atoms with Crippen molar-refractivity contribution in [3.05, 3.63) is 23.8 Å². The summed E-state index contributed by atoms with van der Waals surface area (Å²) >= 11 is 0. The molecule has 0 aliphatic carbocycles. The molecule has 0 aliphatic rings. The maximum Gasteiger partial charge on any atom is 0.256 e. The van der Waals surface area contributed by atoms with E-state index in [4.69, 9.17) is 9.47 Å². The second kappa shape index (κ2) is 8.03. The fourth-order valence-corrected chi connectivity index (χ4v) is 2.24. The lowest BCUT2D eigenvalue weighted by Crippen LogP contribution is -2.41. The van der Waals surface area contributed by atoms with E-state index in [1.807, 2.05) is 32.0 Å². The van der Waals surface area contributed by atoms with Crippen LogP contribution in [0.4, 0.5) is 5.69 Å². The number of unbranched alkanes of at least 4 members (excludes halogenated alkanes) is 2. The van der Waals surface area contributed by atoms with Gasteiger partial charge < -0.3 is 14.8 Å². The van der Waals surface area contributed by atoms with Crippen LogP contribution in [0.2, 0.25) is 0 Å². The van der Waals surface area contributed by atoms with Crippen LogP contribution in [-0.2, 0) is 9.53 Å². The first-order chi connectivity index (χ1) is 9.96. The Morgan fingerprint density at radius 2 is 2.00 bits per heavy atom. The third kappa shape index (κ3) is 4.74. The predicted octanol–water partition coefficient (Wildman–Crippen LogP) is 3.93. The van der Waals surface area contributed by atoms with Crippen LogP contribution in [-0.4, -0.2) is 25.7 Å². The van der Waals surface area contributed by atoms with E-state index in [0.29, 0.717) is 0 Å². The average Bonchev–Trinajstić information content (AvgIpc) is 2.47. The summed E-state index contributed by atoms with van der Waals surface area (Å²) in [4.78, 5) is 12.5. The Hall–Kier alpha value is -1.55. The van der Waals surface area contributed by atoms with E-state index in [1.54, 1.807) is 14.2 Å². The summed E-state index contributed by atoms with van der Waals surface area (Å²) in [5.41, 5.74) is 0.959. The molecule has 1 aromatic rings. The van der Waals surface area contributed by atoms with Crippen LogP contribution in [0.5, 0.6) is 5.75 Å². The van der Waals surface area contributed by atoms with Gasteiger partial charge in [0.05, 0.1) is 7.11 Å². The quantitative estimate of drug-likeness (QED) is 0.739. The van der Waals surface area contributed by atoms with Gasteiger partial charge in [-0.1, -0.05) is 26.2 Å². The lowest BCUT2D eigenvalue weighted by molar-refractivity contribution is -0.136. The molecular formula is C17H27NO3. The zero-order valence-corrected chi connectivity index (χ0v) is 13.8. The van der Waals surface area contributed by atoms with Crippen LogP contribution in [0, 0.1) is 6.92 Å². The third-order valence-corrected chi connectivity index (χ3v) is 3.84. The van der Waals surface area contributed by atoms with E-state index in [2.05, 4.69) is 12.2 Å². The lowest BCUT2D eigenvalue weighted by atomic mass is 9.97. The van der Waals surface area contributed by atoms with Crippen molar-refractivity contribution < 1.29 is 14.3 Å². The van der Waals surface area contributed by atoms with Gasteiger partial charge in [0.2, 0.25) is 0 Å². The normalized spacial score (nSPS) is 13.6. The number of aryl methyl sites for hydroxylation is 1. The van der Waals surface area contributed by atoms with E-state index < -0.39 is 5.60 Å². The third-order valence-electron chi connectivity index (χ3n) is 3.84. The lowest BCUT2D eigenvalue weighted by Gasteiger charge is -2.27. The minimum Gasteiger partial charge on any atom is -0.496 e. The summed E-state index contributed by atoms with van der Waals surface area (Å²) in [7, 11) is 3.22. The molecule has 118 valence electrons. The number of methoxy groups -OCH3 is 2. The smallest absolute Gasteiger partial charge is 0.256 e. The summed E-state index contributed by atoms with van der Waals surface area (Å²) in [5, 5.41) is 2.93. The molecule has 0 heterocycles. The largest absolute Gasteiger partial charge is 0.496 e. The molecule has 0 saturated carbocycles. The van der Waals surface area contributed by atoms with Gasteiger partial charge in [-0.25, -0.2) is 0 Å². The van der Waals surface area contributed by atoms with Gasteiger partial charge in [0.1, 0.15) is 11.4 Å². The van der Waals surface area contributed by atoms with Gasteiger partial charge >= 0.3 is 0 Å². The maximum absolute atomic E-state index is 12.5. The Kier molecular flexibility index (Phi) is 6.69. The Labute approximate surface area is 127 Å². The fraction of sp³-hybridized carbons (Fsp3) is 0.588. The molecule has 1 N–H and O–H groups in total. The number of carbonyl (C=O) groups excluding carboxylic acids is 1. The molecule has 0 unspecified atom stereocenters. The Balaban J connectivity index is 2.75. The monoisotopic (exact) mass is 293 g/mol. The van der Waals surface area contributed by atoms with Crippen molar-refractivity contribution in [1.29, 1.82) is 0 Å². The van der Waals surface area contributed by atoms with Gasteiger partial charge in [-0.05, 0) is 44.0 Å². The number of hydrogen-bond acceptors (Lipinski definition) is 3. The van der Waals surface area contributed by atoms with Crippen molar-refractivity contribution in [2.75, 3.05) is 19.5 Å². The summed E-state index contributed by atoms with van der Waals surface area (Å²) in [6.07, 6.45) is 3.93. The summed E-state index contributed by atoms with van der Waals surface area (Å²) in [5.74, 6) is 0.705. The van der Waals surface area contributed by atoms with E-state index in [9.17, 15) is 4.79 Å². The second-order valence-electron chi connectivity index (χ2n) is 5.53.